The Morgan fingerprint density at radius 3 is 2.39 bits per heavy atom. The molecule has 2 rings (SSSR count). The van der Waals surface area contributed by atoms with Gasteiger partial charge in [-0.05, 0) is 62.6 Å². The van der Waals surface area contributed by atoms with E-state index in [2.05, 4.69) is 5.32 Å². The molecule has 0 saturated carbocycles. The number of halogens is 2. The molecule has 2 atom stereocenters. The smallest absolute Gasteiger partial charge is 0.306 e. The summed E-state index contributed by atoms with van der Waals surface area (Å²) in [6.45, 7) is 3.38. The van der Waals surface area contributed by atoms with Crippen molar-refractivity contribution in [1.29, 1.82) is 0 Å². The van der Waals surface area contributed by atoms with Gasteiger partial charge >= 0.3 is 5.97 Å². The van der Waals surface area contributed by atoms with Crippen molar-refractivity contribution in [2.24, 2.45) is 5.92 Å². The minimum atomic E-state index is -0.798. The number of anilines is 1. The molecule has 0 amide bonds. The number of benzene rings is 2. The van der Waals surface area contributed by atoms with Crippen molar-refractivity contribution in [3.8, 4) is 5.75 Å². The van der Waals surface area contributed by atoms with Crippen molar-refractivity contribution >= 4 is 34.9 Å². The van der Waals surface area contributed by atoms with Crippen LogP contribution in [0.2, 0.25) is 10.0 Å². The monoisotopic (exact) mass is 468 g/mol. The molecule has 8 heteroatoms. The predicted octanol–water partition coefficient (Wildman–Crippen LogP) is 4.85. The molecule has 0 bridgehead atoms. The Kier molecular flexibility index (Phi) is 10.4. The van der Waals surface area contributed by atoms with E-state index < -0.39 is 18.0 Å². The summed E-state index contributed by atoms with van der Waals surface area (Å²) in [5, 5.41) is 23.5. The third-order valence-electron chi connectivity index (χ3n) is 5.09. The molecular weight excluding hydrogens is 439 g/mol. The van der Waals surface area contributed by atoms with E-state index in [1.165, 1.54) is 0 Å². The molecule has 0 radical (unpaired) electrons. The highest BCUT2D eigenvalue weighted by Gasteiger charge is 2.17. The molecule has 0 heterocycles. The van der Waals surface area contributed by atoms with Gasteiger partial charge in [0.05, 0.1) is 34.4 Å². The van der Waals surface area contributed by atoms with Crippen LogP contribution in [-0.4, -0.2) is 35.9 Å². The van der Waals surface area contributed by atoms with E-state index in [-0.39, 0.29) is 0 Å². The number of carbonyl (C=O) groups is 1. The highest BCUT2D eigenvalue weighted by molar-refractivity contribution is 6.38. The minimum absolute atomic E-state index is 0.296. The maximum Gasteiger partial charge on any atom is 0.306 e. The van der Waals surface area contributed by atoms with Crippen molar-refractivity contribution in [2.75, 3.05) is 25.4 Å². The van der Waals surface area contributed by atoms with Crippen LogP contribution in [0.1, 0.15) is 42.9 Å². The van der Waals surface area contributed by atoms with Gasteiger partial charge in [-0.2, -0.15) is 0 Å². The topological polar surface area (TPSA) is 105 Å². The molecule has 0 aliphatic carbocycles. The van der Waals surface area contributed by atoms with Crippen LogP contribution in [0.4, 0.5) is 5.69 Å². The lowest BCUT2D eigenvalue weighted by Crippen LogP contribution is -2.23. The summed E-state index contributed by atoms with van der Waals surface area (Å²) in [7, 11) is 0. The number of hydrogen-bond donors (Lipinski definition) is 4. The first-order valence-electron chi connectivity index (χ1n) is 10.3. The number of aliphatic hydroxyl groups excluding tert-OH is 1. The fourth-order valence-electron chi connectivity index (χ4n) is 3.14. The second-order valence-corrected chi connectivity index (χ2v) is 8.41. The molecule has 0 fully saturated rings. The third kappa shape index (κ3) is 8.57. The molecular formula is C23H30Cl2N2O4. The largest absolute Gasteiger partial charge is 0.494 e. The number of rotatable bonds is 13. The Hall–Kier alpha value is -1.99. The van der Waals surface area contributed by atoms with Crippen LogP contribution >= 0.6 is 23.2 Å². The molecule has 0 aliphatic rings. The summed E-state index contributed by atoms with van der Waals surface area (Å²) in [5.41, 5.74) is 7.75. The zero-order chi connectivity index (χ0) is 22.8. The molecule has 31 heavy (non-hydrogen) atoms. The minimum Gasteiger partial charge on any atom is -0.494 e. The lowest BCUT2D eigenvalue weighted by atomic mass is 9.99. The number of nitrogens with two attached hydrogens (primary N) is 1. The first-order valence-corrected chi connectivity index (χ1v) is 11.1. The number of aliphatic carboxylic acids is 1. The third-order valence-corrected chi connectivity index (χ3v) is 5.71. The number of ether oxygens (including phenoxy) is 1. The second kappa shape index (κ2) is 12.8. The number of unbranched alkanes of at least 4 members (excludes halogenated alkanes) is 1. The van der Waals surface area contributed by atoms with Gasteiger partial charge in [-0.3, -0.25) is 4.79 Å². The van der Waals surface area contributed by atoms with Gasteiger partial charge in [-0.1, -0.05) is 47.3 Å². The van der Waals surface area contributed by atoms with Crippen molar-refractivity contribution in [1.82, 2.24) is 5.32 Å². The molecule has 2 aromatic carbocycles. The first kappa shape index (κ1) is 25.3. The van der Waals surface area contributed by atoms with Gasteiger partial charge in [0.15, 0.2) is 0 Å². The van der Waals surface area contributed by atoms with Gasteiger partial charge in [0.25, 0.3) is 0 Å². The molecule has 6 nitrogen and oxygen atoms in total. The molecule has 2 unspecified atom stereocenters. The Morgan fingerprint density at radius 1 is 1.13 bits per heavy atom. The number of carboxylic acids is 1. The Balaban J connectivity index is 1.64. The highest BCUT2D eigenvalue weighted by Crippen LogP contribution is 2.31. The number of hydrogen-bond acceptors (Lipinski definition) is 5. The summed E-state index contributed by atoms with van der Waals surface area (Å²) >= 11 is 12.0. The maximum atomic E-state index is 11.5. The van der Waals surface area contributed by atoms with Crippen LogP contribution in [0.5, 0.6) is 5.75 Å². The quantitative estimate of drug-likeness (QED) is 0.247. The fourth-order valence-corrected chi connectivity index (χ4v) is 3.64. The van der Waals surface area contributed by atoms with Crippen LogP contribution in [-0.2, 0) is 4.79 Å². The Labute approximate surface area is 193 Å². The molecule has 170 valence electrons. The van der Waals surface area contributed by atoms with Gasteiger partial charge in [0.2, 0.25) is 0 Å². The predicted molar refractivity (Wildman–Crippen MR) is 125 cm³/mol. The second-order valence-electron chi connectivity index (χ2n) is 7.60. The van der Waals surface area contributed by atoms with Crippen molar-refractivity contribution in [3.05, 3.63) is 57.6 Å². The number of nitrogen functional groups attached to an aromatic ring is 1. The SMILES string of the molecule is Cc1ccc(OCCC(CCCCNCC(O)c2cc(Cl)c(N)c(Cl)c2)C(=O)O)cc1. The summed E-state index contributed by atoms with van der Waals surface area (Å²) in [6.07, 6.45) is 1.86. The fraction of sp³-hybridized carbons (Fsp3) is 0.435. The van der Waals surface area contributed by atoms with Crippen LogP contribution in [0.15, 0.2) is 36.4 Å². The standard InChI is InChI=1S/C23H30Cl2N2O4/c1-15-5-7-18(8-6-15)31-11-9-16(23(29)30)4-2-3-10-27-14-21(28)17-12-19(24)22(26)20(25)13-17/h5-8,12-13,16,21,27-28H,2-4,9-11,14,26H2,1H3,(H,29,30). The lowest BCUT2D eigenvalue weighted by Gasteiger charge is -2.15. The van der Waals surface area contributed by atoms with E-state index in [1.54, 1.807) is 12.1 Å². The maximum absolute atomic E-state index is 11.5. The van der Waals surface area contributed by atoms with Crippen LogP contribution in [0.25, 0.3) is 0 Å². The summed E-state index contributed by atoms with van der Waals surface area (Å²) in [6, 6.07) is 10.9. The average Bonchev–Trinajstić information content (AvgIpc) is 2.73. The van der Waals surface area contributed by atoms with Gasteiger partial charge in [-0.15, -0.1) is 0 Å². The molecule has 5 N–H and O–H groups in total. The Bertz CT molecular complexity index is 823. The summed E-state index contributed by atoms with van der Waals surface area (Å²) < 4.78 is 5.65. The van der Waals surface area contributed by atoms with E-state index in [1.807, 2.05) is 31.2 Å². The first-order chi connectivity index (χ1) is 14.8. The summed E-state index contributed by atoms with van der Waals surface area (Å²) in [5.74, 6) is -0.482. The number of aliphatic hydroxyl groups is 1. The zero-order valence-electron chi connectivity index (χ0n) is 17.6. The number of nitrogens with one attached hydrogen (secondary N) is 1. The van der Waals surface area contributed by atoms with E-state index >= 15 is 0 Å². The van der Waals surface area contributed by atoms with E-state index in [9.17, 15) is 15.0 Å². The number of aryl methyl sites for hydroxylation is 1. The van der Waals surface area contributed by atoms with E-state index in [0.717, 1.165) is 24.2 Å². The van der Waals surface area contributed by atoms with Crippen molar-refractivity contribution in [2.45, 2.75) is 38.7 Å². The molecule has 0 aromatic heterocycles. The zero-order valence-corrected chi connectivity index (χ0v) is 19.1. The Morgan fingerprint density at radius 2 is 1.77 bits per heavy atom. The molecule has 0 spiro atoms. The van der Waals surface area contributed by atoms with Crippen LogP contribution in [0, 0.1) is 12.8 Å². The van der Waals surface area contributed by atoms with Gasteiger partial charge in [-0.25, -0.2) is 0 Å². The summed E-state index contributed by atoms with van der Waals surface area (Å²) in [4.78, 5) is 11.5. The van der Waals surface area contributed by atoms with Crippen molar-refractivity contribution < 1.29 is 19.7 Å². The van der Waals surface area contributed by atoms with Gasteiger partial charge in [0.1, 0.15) is 5.75 Å². The van der Waals surface area contributed by atoms with E-state index in [0.29, 0.717) is 53.8 Å². The molecule has 0 aliphatic heterocycles. The van der Waals surface area contributed by atoms with Gasteiger partial charge < -0.3 is 26.0 Å². The highest BCUT2D eigenvalue weighted by atomic mass is 35.5. The lowest BCUT2D eigenvalue weighted by molar-refractivity contribution is -0.142. The van der Waals surface area contributed by atoms with Crippen LogP contribution in [0.3, 0.4) is 0 Å². The van der Waals surface area contributed by atoms with Gasteiger partial charge in [0, 0.05) is 6.54 Å². The molecule has 2 aromatic rings. The normalized spacial score (nSPS) is 13.0. The van der Waals surface area contributed by atoms with E-state index in [4.69, 9.17) is 33.7 Å². The number of carboxylic acid groups (broad SMARTS) is 1. The average molecular weight is 469 g/mol. The van der Waals surface area contributed by atoms with Crippen LogP contribution < -0.4 is 15.8 Å². The van der Waals surface area contributed by atoms with Crippen molar-refractivity contribution in [3.63, 3.8) is 0 Å². The molecule has 0 saturated heterocycles.